The van der Waals surface area contributed by atoms with Crippen LogP contribution in [0.5, 0.6) is 0 Å². The number of urea groups is 1. The molecule has 1 atom stereocenters. The van der Waals surface area contributed by atoms with Gasteiger partial charge in [0.15, 0.2) is 0 Å². The van der Waals surface area contributed by atoms with E-state index in [-0.39, 0.29) is 18.2 Å². The fourth-order valence-corrected chi connectivity index (χ4v) is 3.73. The van der Waals surface area contributed by atoms with Crippen molar-refractivity contribution in [3.8, 4) is 0 Å². The van der Waals surface area contributed by atoms with Crippen molar-refractivity contribution in [2.45, 2.75) is 44.4 Å². The number of aliphatic hydroxyl groups excluding tert-OH is 1. The van der Waals surface area contributed by atoms with E-state index in [0.29, 0.717) is 18.4 Å². The number of carbonyl (C=O) groups excluding carboxylic acids is 1. The lowest BCUT2D eigenvalue weighted by Crippen LogP contribution is -2.54. The van der Waals surface area contributed by atoms with Crippen LogP contribution in [0.2, 0.25) is 0 Å². The van der Waals surface area contributed by atoms with E-state index in [0.717, 1.165) is 44.3 Å². The normalized spacial score (nSPS) is 26.1. The third-order valence-corrected chi connectivity index (χ3v) is 5.14. The molecule has 1 saturated carbocycles. The molecule has 1 aliphatic heterocycles. The van der Waals surface area contributed by atoms with Crippen molar-refractivity contribution >= 4 is 6.03 Å². The van der Waals surface area contributed by atoms with Crippen LogP contribution in [0.4, 0.5) is 4.79 Å². The summed E-state index contributed by atoms with van der Waals surface area (Å²) in [6.07, 6.45) is 3.63. The summed E-state index contributed by atoms with van der Waals surface area (Å²) in [5.74, 6) is 0.923. The fourth-order valence-electron chi connectivity index (χ4n) is 3.73. The molecule has 1 aliphatic carbocycles. The molecule has 1 aromatic rings. The van der Waals surface area contributed by atoms with E-state index in [1.54, 1.807) is 0 Å². The van der Waals surface area contributed by atoms with Crippen molar-refractivity contribution < 1.29 is 9.90 Å². The van der Waals surface area contributed by atoms with Gasteiger partial charge in [-0.05, 0) is 56.2 Å². The number of amides is 2. The van der Waals surface area contributed by atoms with Crippen LogP contribution < -0.4 is 16.0 Å². The molecule has 2 aliphatic rings. The van der Waals surface area contributed by atoms with Crippen molar-refractivity contribution in [3.05, 3.63) is 35.9 Å². The van der Waals surface area contributed by atoms with Crippen LogP contribution in [0, 0.1) is 11.8 Å². The molecule has 1 unspecified atom stereocenters. The smallest absolute Gasteiger partial charge is 0.315 e. The number of benzene rings is 1. The zero-order valence-electron chi connectivity index (χ0n) is 13.5. The lowest BCUT2D eigenvalue weighted by Gasteiger charge is -2.43. The average Bonchev–Trinajstić information content (AvgIpc) is 2.57. The average molecular weight is 317 g/mol. The number of rotatable bonds is 5. The zero-order chi connectivity index (χ0) is 16.1. The number of hydrogen-bond donors (Lipinski definition) is 4. The summed E-state index contributed by atoms with van der Waals surface area (Å²) < 4.78 is 0. The lowest BCUT2D eigenvalue weighted by atomic mass is 9.71. The van der Waals surface area contributed by atoms with Crippen LogP contribution in [-0.4, -0.2) is 36.4 Å². The Kier molecular flexibility index (Phi) is 5.51. The van der Waals surface area contributed by atoms with Crippen LogP contribution >= 0.6 is 0 Å². The second-order valence-electron chi connectivity index (χ2n) is 6.81. The molecule has 2 amide bonds. The SMILES string of the molecule is O=C(NCc1ccccc1)NC(C1CCNCC1)C1CC(O)C1. The number of carbonyl (C=O) groups is 1. The first kappa shape index (κ1) is 16.3. The summed E-state index contributed by atoms with van der Waals surface area (Å²) in [7, 11) is 0. The van der Waals surface area contributed by atoms with Crippen molar-refractivity contribution in [1.29, 1.82) is 0 Å². The first-order valence-electron chi connectivity index (χ1n) is 8.69. The zero-order valence-corrected chi connectivity index (χ0v) is 13.5. The molecule has 2 fully saturated rings. The summed E-state index contributed by atoms with van der Waals surface area (Å²) in [5, 5.41) is 19.1. The minimum absolute atomic E-state index is 0.0984. The Morgan fingerprint density at radius 2 is 1.87 bits per heavy atom. The number of piperidine rings is 1. The van der Waals surface area contributed by atoms with Gasteiger partial charge in [-0.3, -0.25) is 0 Å². The second-order valence-corrected chi connectivity index (χ2v) is 6.81. The first-order chi connectivity index (χ1) is 11.2. The Balaban J connectivity index is 1.53. The summed E-state index contributed by atoms with van der Waals surface area (Å²) in [6.45, 7) is 2.58. The number of aliphatic hydroxyl groups is 1. The van der Waals surface area contributed by atoms with Crippen molar-refractivity contribution in [2.24, 2.45) is 11.8 Å². The molecule has 5 nitrogen and oxygen atoms in total. The van der Waals surface area contributed by atoms with E-state index in [1.807, 2.05) is 30.3 Å². The third kappa shape index (κ3) is 4.45. The Morgan fingerprint density at radius 1 is 1.17 bits per heavy atom. The molecule has 1 saturated heterocycles. The highest BCUT2D eigenvalue weighted by atomic mass is 16.3. The molecule has 4 N–H and O–H groups in total. The Labute approximate surface area is 137 Å². The Bertz CT molecular complexity index is 496. The summed E-state index contributed by atoms with van der Waals surface area (Å²) in [5.41, 5.74) is 1.10. The lowest BCUT2D eigenvalue weighted by molar-refractivity contribution is 0.0116. The van der Waals surface area contributed by atoms with Crippen LogP contribution in [-0.2, 0) is 6.54 Å². The predicted octanol–water partition coefficient (Wildman–Crippen LogP) is 1.62. The van der Waals surface area contributed by atoms with Crippen molar-refractivity contribution in [2.75, 3.05) is 13.1 Å². The van der Waals surface area contributed by atoms with Crippen LogP contribution in [0.3, 0.4) is 0 Å². The molecule has 0 radical (unpaired) electrons. The number of nitrogens with one attached hydrogen (secondary N) is 3. The predicted molar refractivity (Wildman–Crippen MR) is 89.9 cm³/mol. The highest BCUT2D eigenvalue weighted by Crippen LogP contribution is 2.35. The maximum absolute atomic E-state index is 12.3. The molecule has 5 heteroatoms. The molecule has 0 aromatic heterocycles. The van der Waals surface area contributed by atoms with Crippen LogP contribution in [0.1, 0.15) is 31.2 Å². The Hall–Kier alpha value is -1.59. The van der Waals surface area contributed by atoms with Gasteiger partial charge in [0.05, 0.1) is 6.10 Å². The van der Waals surface area contributed by atoms with Crippen LogP contribution in [0.15, 0.2) is 30.3 Å². The van der Waals surface area contributed by atoms with E-state index in [9.17, 15) is 9.90 Å². The highest BCUT2D eigenvalue weighted by Gasteiger charge is 2.39. The molecule has 126 valence electrons. The minimum atomic E-state index is -0.182. The standard InChI is InChI=1S/C18H27N3O2/c22-16-10-15(11-16)17(14-6-8-19-9-7-14)21-18(23)20-12-13-4-2-1-3-5-13/h1-5,14-17,19,22H,6-12H2,(H2,20,21,23). The van der Waals surface area contributed by atoms with Gasteiger partial charge in [0.2, 0.25) is 0 Å². The maximum atomic E-state index is 12.3. The molecule has 1 heterocycles. The third-order valence-electron chi connectivity index (χ3n) is 5.14. The summed E-state index contributed by atoms with van der Waals surface area (Å²) in [6, 6.07) is 10.0. The van der Waals surface area contributed by atoms with Gasteiger partial charge in [0.25, 0.3) is 0 Å². The van der Waals surface area contributed by atoms with Gasteiger partial charge in [-0.25, -0.2) is 4.79 Å². The first-order valence-corrected chi connectivity index (χ1v) is 8.69. The van der Waals surface area contributed by atoms with Gasteiger partial charge in [-0.1, -0.05) is 30.3 Å². The van der Waals surface area contributed by atoms with Gasteiger partial charge in [0, 0.05) is 12.6 Å². The quantitative estimate of drug-likeness (QED) is 0.667. The largest absolute Gasteiger partial charge is 0.393 e. The molecule has 0 spiro atoms. The van der Waals surface area contributed by atoms with Gasteiger partial charge in [-0.15, -0.1) is 0 Å². The van der Waals surface area contributed by atoms with Gasteiger partial charge in [-0.2, -0.15) is 0 Å². The van der Waals surface area contributed by atoms with Gasteiger partial charge < -0.3 is 21.1 Å². The molecular weight excluding hydrogens is 290 g/mol. The van der Waals surface area contributed by atoms with Crippen molar-refractivity contribution in [1.82, 2.24) is 16.0 Å². The molecule has 3 rings (SSSR count). The topological polar surface area (TPSA) is 73.4 Å². The summed E-state index contributed by atoms with van der Waals surface area (Å²) >= 11 is 0. The Morgan fingerprint density at radius 3 is 2.52 bits per heavy atom. The second kappa shape index (κ2) is 7.79. The van der Waals surface area contributed by atoms with E-state index < -0.39 is 0 Å². The molecule has 23 heavy (non-hydrogen) atoms. The minimum Gasteiger partial charge on any atom is -0.393 e. The van der Waals surface area contributed by atoms with E-state index in [2.05, 4.69) is 16.0 Å². The van der Waals surface area contributed by atoms with Gasteiger partial charge >= 0.3 is 6.03 Å². The number of hydrogen-bond acceptors (Lipinski definition) is 3. The van der Waals surface area contributed by atoms with E-state index in [4.69, 9.17) is 0 Å². The fraction of sp³-hybridized carbons (Fsp3) is 0.611. The molecule has 1 aromatic carbocycles. The highest BCUT2D eigenvalue weighted by molar-refractivity contribution is 5.74. The summed E-state index contributed by atoms with van der Waals surface area (Å²) in [4.78, 5) is 12.3. The maximum Gasteiger partial charge on any atom is 0.315 e. The monoisotopic (exact) mass is 317 g/mol. The van der Waals surface area contributed by atoms with E-state index >= 15 is 0 Å². The van der Waals surface area contributed by atoms with Crippen molar-refractivity contribution in [3.63, 3.8) is 0 Å². The molecular formula is C18H27N3O2. The van der Waals surface area contributed by atoms with Gasteiger partial charge in [0.1, 0.15) is 0 Å². The van der Waals surface area contributed by atoms with E-state index in [1.165, 1.54) is 0 Å². The molecule has 0 bridgehead atoms. The van der Waals surface area contributed by atoms with Crippen LogP contribution in [0.25, 0.3) is 0 Å².